The summed E-state index contributed by atoms with van der Waals surface area (Å²) in [5.41, 5.74) is 3.93. The van der Waals surface area contributed by atoms with E-state index in [1.807, 2.05) is 6.07 Å². The lowest BCUT2D eigenvalue weighted by Gasteiger charge is -2.50. The second-order valence-electron chi connectivity index (χ2n) is 7.74. The molecule has 1 aliphatic carbocycles. The lowest BCUT2D eigenvalue weighted by atomic mass is 9.60. The van der Waals surface area contributed by atoms with Crippen LogP contribution in [0.3, 0.4) is 0 Å². The average molecular weight is 338 g/mol. The number of rotatable bonds is 2. The zero-order valence-corrected chi connectivity index (χ0v) is 14.5. The first-order valence-corrected chi connectivity index (χ1v) is 9.02. The van der Waals surface area contributed by atoms with E-state index < -0.39 is 0 Å². The molecule has 0 amide bonds. The summed E-state index contributed by atoms with van der Waals surface area (Å²) in [6.07, 6.45) is 1.84. The van der Waals surface area contributed by atoms with Gasteiger partial charge in [0.15, 0.2) is 0 Å². The number of carbonyl (C=O) groups is 2. The van der Waals surface area contributed by atoms with Crippen LogP contribution in [0.5, 0.6) is 0 Å². The summed E-state index contributed by atoms with van der Waals surface area (Å²) in [5, 5.41) is 3.55. The Morgan fingerprint density at radius 2 is 2.12 bits per heavy atom. The first-order chi connectivity index (χ1) is 12.1. The van der Waals surface area contributed by atoms with Crippen molar-refractivity contribution in [2.75, 3.05) is 25.5 Å². The molecule has 25 heavy (non-hydrogen) atoms. The number of para-hydroxylation sites is 1. The molecule has 0 unspecified atom stereocenters. The van der Waals surface area contributed by atoms with Crippen LogP contribution in [0.4, 0.5) is 5.69 Å². The van der Waals surface area contributed by atoms with Gasteiger partial charge in [0.1, 0.15) is 5.78 Å². The number of esters is 1. The maximum atomic E-state index is 12.8. The predicted molar refractivity (Wildman–Crippen MR) is 93.0 cm³/mol. The highest BCUT2D eigenvalue weighted by Gasteiger charge is 2.63. The molecule has 0 radical (unpaired) electrons. The Balaban J connectivity index is 1.79. The number of anilines is 1. The van der Waals surface area contributed by atoms with Crippen LogP contribution in [0.2, 0.25) is 0 Å². The third-order valence-electron chi connectivity index (χ3n) is 6.88. The number of ketones is 1. The molecule has 5 nitrogen and oxygen atoms in total. The molecule has 5 heteroatoms. The van der Waals surface area contributed by atoms with E-state index in [0.717, 1.165) is 37.3 Å². The Morgan fingerprint density at radius 1 is 1.32 bits per heavy atom. The minimum absolute atomic E-state index is 0.0470. The Kier molecular flexibility index (Phi) is 2.99. The number of nitrogens with one attached hydrogen (secondary N) is 1. The van der Waals surface area contributed by atoms with E-state index in [9.17, 15) is 9.59 Å². The molecule has 2 bridgehead atoms. The highest BCUT2D eigenvalue weighted by atomic mass is 16.5. The minimum atomic E-state index is -0.287. The van der Waals surface area contributed by atoms with Gasteiger partial charge in [-0.15, -0.1) is 0 Å². The number of Topliss-reactive ketones (excluding diaryl/α,β-unsaturated/α-hetero) is 1. The molecule has 0 aromatic heterocycles. The van der Waals surface area contributed by atoms with Crippen molar-refractivity contribution >= 4 is 17.4 Å². The van der Waals surface area contributed by atoms with Gasteiger partial charge in [-0.05, 0) is 37.9 Å². The Hall–Kier alpha value is -2.14. The van der Waals surface area contributed by atoms with Gasteiger partial charge in [-0.25, -0.2) is 4.79 Å². The van der Waals surface area contributed by atoms with E-state index in [-0.39, 0.29) is 29.0 Å². The molecule has 1 N–H and O–H groups in total. The first-order valence-electron chi connectivity index (χ1n) is 9.02. The van der Waals surface area contributed by atoms with Gasteiger partial charge in [-0.1, -0.05) is 18.2 Å². The van der Waals surface area contributed by atoms with E-state index in [1.165, 1.54) is 12.7 Å². The zero-order chi connectivity index (χ0) is 17.3. The molecule has 1 aromatic carbocycles. The van der Waals surface area contributed by atoms with Crippen molar-refractivity contribution in [3.8, 4) is 0 Å². The van der Waals surface area contributed by atoms with Crippen LogP contribution in [0, 0.1) is 11.8 Å². The van der Waals surface area contributed by atoms with E-state index in [1.54, 1.807) is 6.92 Å². The molecule has 4 atom stereocenters. The van der Waals surface area contributed by atoms with E-state index in [4.69, 9.17) is 4.74 Å². The number of hydrogen-bond donors (Lipinski definition) is 1. The number of ether oxygens (including phenoxy) is 1. The van der Waals surface area contributed by atoms with Gasteiger partial charge in [0.05, 0.1) is 18.1 Å². The van der Waals surface area contributed by atoms with Crippen molar-refractivity contribution in [1.82, 2.24) is 4.90 Å². The summed E-state index contributed by atoms with van der Waals surface area (Å²) in [5.74, 6) is -0.293. The summed E-state index contributed by atoms with van der Waals surface area (Å²) in [6, 6.07) is 8.72. The van der Waals surface area contributed by atoms with Crippen molar-refractivity contribution in [3.63, 3.8) is 0 Å². The van der Waals surface area contributed by atoms with Gasteiger partial charge in [-0.3, -0.25) is 9.69 Å². The standard InChI is InChI=1S/C20H22N2O3/c1-11(23)13-10-22-8-7-20-14-5-3-4-6-15(14)21-18(20)17(19(24)25-2)12(13)9-16(20)22/h3-6,12-13,16,21H,7-10H2,1-2H3/t12-,13+,16-,20+/m0/s1. The van der Waals surface area contributed by atoms with Crippen molar-refractivity contribution in [1.29, 1.82) is 0 Å². The van der Waals surface area contributed by atoms with Crippen LogP contribution < -0.4 is 5.32 Å². The molecule has 2 saturated heterocycles. The maximum absolute atomic E-state index is 12.8. The average Bonchev–Trinajstić information content (AvgIpc) is 3.17. The molecular weight excluding hydrogens is 316 g/mol. The molecule has 130 valence electrons. The van der Waals surface area contributed by atoms with Crippen molar-refractivity contribution in [2.45, 2.75) is 31.2 Å². The van der Waals surface area contributed by atoms with Gasteiger partial charge in [0.2, 0.25) is 0 Å². The predicted octanol–water partition coefficient (Wildman–Crippen LogP) is 2.09. The van der Waals surface area contributed by atoms with Gasteiger partial charge >= 0.3 is 5.97 Å². The molecule has 5 rings (SSSR count). The number of benzene rings is 1. The topological polar surface area (TPSA) is 58.6 Å². The number of carbonyl (C=O) groups excluding carboxylic acids is 2. The largest absolute Gasteiger partial charge is 0.466 e. The summed E-state index contributed by atoms with van der Waals surface area (Å²) >= 11 is 0. The Labute approximate surface area is 147 Å². The lowest BCUT2D eigenvalue weighted by Crippen LogP contribution is -2.56. The monoisotopic (exact) mass is 338 g/mol. The summed E-state index contributed by atoms with van der Waals surface area (Å²) < 4.78 is 5.16. The molecule has 2 fully saturated rings. The summed E-state index contributed by atoms with van der Waals surface area (Å²) in [7, 11) is 1.43. The number of fused-ring (bicyclic) bond motifs is 2. The molecule has 0 saturated carbocycles. The van der Waals surface area contributed by atoms with Crippen molar-refractivity contribution in [3.05, 3.63) is 41.1 Å². The van der Waals surface area contributed by atoms with Gasteiger partial charge in [0.25, 0.3) is 0 Å². The minimum Gasteiger partial charge on any atom is -0.466 e. The fraction of sp³-hybridized carbons (Fsp3) is 0.500. The second kappa shape index (κ2) is 4.94. The number of piperidine rings is 1. The van der Waals surface area contributed by atoms with Crippen molar-refractivity contribution in [2.24, 2.45) is 11.8 Å². The maximum Gasteiger partial charge on any atom is 0.335 e. The van der Waals surface area contributed by atoms with Crippen LogP contribution in [0.15, 0.2) is 35.5 Å². The fourth-order valence-corrected chi connectivity index (χ4v) is 5.86. The first kappa shape index (κ1) is 15.1. The van der Waals surface area contributed by atoms with Crippen LogP contribution >= 0.6 is 0 Å². The second-order valence-corrected chi connectivity index (χ2v) is 7.74. The molecule has 3 heterocycles. The Bertz CT molecular complexity index is 830. The number of hydrogen-bond acceptors (Lipinski definition) is 5. The highest BCUT2D eigenvalue weighted by Crippen LogP contribution is 2.61. The lowest BCUT2D eigenvalue weighted by molar-refractivity contribution is -0.138. The molecule has 3 aliphatic heterocycles. The van der Waals surface area contributed by atoms with E-state index in [2.05, 4.69) is 28.4 Å². The molecule has 1 spiro atoms. The third kappa shape index (κ3) is 1.72. The molecule has 1 aromatic rings. The Morgan fingerprint density at radius 3 is 2.88 bits per heavy atom. The fourth-order valence-electron chi connectivity index (χ4n) is 5.86. The quantitative estimate of drug-likeness (QED) is 0.837. The highest BCUT2D eigenvalue weighted by molar-refractivity contribution is 5.95. The SMILES string of the molecule is COC(=O)C1=C2Nc3ccccc3[C@@]23CCN2C[C@H](C(C)=O)[C@@H]1C[C@H]23. The molecular formula is C20H22N2O3. The van der Waals surface area contributed by atoms with Crippen molar-refractivity contribution < 1.29 is 14.3 Å². The molecule has 4 aliphatic rings. The van der Waals surface area contributed by atoms with Gasteiger partial charge < -0.3 is 10.1 Å². The zero-order valence-electron chi connectivity index (χ0n) is 14.5. The number of nitrogens with zero attached hydrogens (tertiary/aromatic N) is 1. The van der Waals surface area contributed by atoms with E-state index in [0.29, 0.717) is 11.6 Å². The normalized spacial score (nSPS) is 35.0. The van der Waals surface area contributed by atoms with Crippen LogP contribution in [0.1, 0.15) is 25.3 Å². The van der Waals surface area contributed by atoms with Gasteiger partial charge in [0, 0.05) is 35.8 Å². The van der Waals surface area contributed by atoms with Gasteiger partial charge in [-0.2, -0.15) is 0 Å². The van der Waals surface area contributed by atoms with Crippen LogP contribution in [0.25, 0.3) is 0 Å². The van der Waals surface area contributed by atoms with Crippen LogP contribution in [-0.4, -0.2) is 42.9 Å². The third-order valence-corrected chi connectivity index (χ3v) is 6.88. The number of methoxy groups -OCH3 is 1. The summed E-state index contributed by atoms with van der Waals surface area (Å²) in [4.78, 5) is 27.5. The van der Waals surface area contributed by atoms with Crippen LogP contribution in [-0.2, 0) is 19.7 Å². The summed E-state index contributed by atoms with van der Waals surface area (Å²) in [6.45, 7) is 3.37. The van der Waals surface area contributed by atoms with E-state index >= 15 is 0 Å². The smallest absolute Gasteiger partial charge is 0.335 e.